The number of anilines is 1. The zero-order valence-electron chi connectivity index (χ0n) is 19.3. The second kappa shape index (κ2) is 11.2. The lowest BCUT2D eigenvalue weighted by Crippen LogP contribution is -2.37. The Balaban J connectivity index is 2.13. The van der Waals surface area contributed by atoms with Gasteiger partial charge in [-0.25, -0.2) is 0 Å². The molecule has 2 aliphatic rings. The van der Waals surface area contributed by atoms with Gasteiger partial charge in [-0.05, 0) is 50.7 Å². The lowest BCUT2D eigenvalue weighted by molar-refractivity contribution is -0.122. The van der Waals surface area contributed by atoms with E-state index in [0.29, 0.717) is 27.9 Å². The minimum Gasteiger partial charge on any atom is -0.357 e. The number of thioether (sulfide) groups is 1. The number of aromatic nitrogens is 1. The van der Waals surface area contributed by atoms with Gasteiger partial charge in [-0.3, -0.25) is 19.1 Å². The number of amides is 1. The average Bonchev–Trinajstić information content (AvgIpc) is 3.05. The number of unbranched alkanes of at least 4 members (excludes halogenated alkanes) is 2. The van der Waals surface area contributed by atoms with Gasteiger partial charge in [0.2, 0.25) is 0 Å². The van der Waals surface area contributed by atoms with Crippen molar-refractivity contribution in [1.82, 2.24) is 9.47 Å². The fraction of sp³-hybridized carbons (Fsp3) is 0.583. The third kappa shape index (κ3) is 4.94. The van der Waals surface area contributed by atoms with E-state index in [2.05, 4.69) is 17.9 Å². The van der Waals surface area contributed by atoms with Crippen molar-refractivity contribution in [2.75, 3.05) is 24.5 Å². The summed E-state index contributed by atoms with van der Waals surface area (Å²) in [6.45, 7) is 8.88. The quantitative estimate of drug-likeness (QED) is 0.307. The summed E-state index contributed by atoms with van der Waals surface area (Å²) >= 11 is 6.81. The van der Waals surface area contributed by atoms with Crippen molar-refractivity contribution in [2.24, 2.45) is 0 Å². The van der Waals surface area contributed by atoms with Gasteiger partial charge in [0.05, 0.1) is 4.91 Å². The van der Waals surface area contributed by atoms with Crippen LogP contribution in [0.15, 0.2) is 9.70 Å². The first kappa shape index (κ1) is 24.5. The highest BCUT2D eigenvalue weighted by atomic mass is 32.2. The Morgan fingerprint density at radius 3 is 2.44 bits per heavy atom. The molecule has 2 aliphatic heterocycles. The summed E-state index contributed by atoms with van der Waals surface area (Å²) in [7, 11) is 0. The van der Waals surface area contributed by atoms with Gasteiger partial charge in [-0.15, -0.1) is 0 Å². The molecule has 32 heavy (non-hydrogen) atoms. The topological polar surface area (TPSA) is 69.3 Å². The molecule has 0 aliphatic carbocycles. The molecule has 0 aromatic carbocycles. The van der Waals surface area contributed by atoms with Crippen LogP contribution in [0.1, 0.15) is 75.5 Å². The molecule has 3 heterocycles. The highest BCUT2D eigenvalue weighted by molar-refractivity contribution is 8.26. The van der Waals surface area contributed by atoms with Crippen LogP contribution in [0.3, 0.4) is 0 Å². The molecule has 3 rings (SSSR count). The Labute approximate surface area is 200 Å². The predicted molar refractivity (Wildman–Crippen MR) is 136 cm³/mol. The van der Waals surface area contributed by atoms with Crippen molar-refractivity contribution >= 4 is 46.1 Å². The average molecular weight is 473 g/mol. The first-order valence-electron chi connectivity index (χ1n) is 11.6. The zero-order valence-corrected chi connectivity index (χ0v) is 20.9. The maximum Gasteiger partial charge on any atom is 0.270 e. The first-order chi connectivity index (χ1) is 15.4. The summed E-state index contributed by atoms with van der Waals surface area (Å²) in [5.41, 5.74) is 1.35. The maximum atomic E-state index is 13.2. The van der Waals surface area contributed by atoms with Crippen molar-refractivity contribution in [1.29, 1.82) is 5.26 Å². The second-order valence-electron chi connectivity index (χ2n) is 8.39. The summed E-state index contributed by atoms with van der Waals surface area (Å²) in [6.07, 6.45) is 9.03. The molecule has 0 N–H and O–H groups in total. The van der Waals surface area contributed by atoms with E-state index < -0.39 is 0 Å². The van der Waals surface area contributed by atoms with Gasteiger partial charge in [0.25, 0.3) is 11.5 Å². The lowest BCUT2D eigenvalue weighted by atomic mass is 10.0. The molecule has 172 valence electrons. The predicted octanol–water partition coefficient (Wildman–Crippen LogP) is 4.82. The van der Waals surface area contributed by atoms with Crippen molar-refractivity contribution < 1.29 is 4.79 Å². The Kier molecular flexibility index (Phi) is 8.55. The minimum atomic E-state index is -0.239. The molecule has 0 spiro atoms. The number of carbonyl (C=O) groups excluding carboxylic acids is 1. The summed E-state index contributed by atoms with van der Waals surface area (Å²) in [5, 5.41) is 9.74. The largest absolute Gasteiger partial charge is 0.357 e. The second-order valence-corrected chi connectivity index (χ2v) is 10.1. The van der Waals surface area contributed by atoms with Crippen molar-refractivity contribution in [3.8, 4) is 6.07 Å². The normalized spacial score (nSPS) is 18.0. The summed E-state index contributed by atoms with van der Waals surface area (Å²) in [6, 6.07) is 2.11. The smallest absolute Gasteiger partial charge is 0.270 e. The van der Waals surface area contributed by atoms with Crippen molar-refractivity contribution in [2.45, 2.75) is 72.3 Å². The Bertz CT molecular complexity index is 1020. The molecule has 0 unspecified atom stereocenters. The fourth-order valence-electron chi connectivity index (χ4n) is 4.37. The van der Waals surface area contributed by atoms with E-state index in [4.69, 9.17) is 12.2 Å². The molecule has 2 fully saturated rings. The Morgan fingerprint density at radius 1 is 1.09 bits per heavy atom. The molecule has 0 saturated carbocycles. The number of hydrogen-bond acceptors (Lipinski definition) is 6. The van der Waals surface area contributed by atoms with E-state index in [1.54, 1.807) is 9.47 Å². The number of piperidine rings is 1. The molecule has 6 nitrogen and oxygen atoms in total. The molecule has 0 radical (unpaired) electrons. The highest BCUT2D eigenvalue weighted by Gasteiger charge is 2.33. The molecule has 1 aromatic heterocycles. The van der Waals surface area contributed by atoms with Crippen LogP contribution in [-0.4, -0.2) is 39.3 Å². The number of hydrogen-bond donors (Lipinski definition) is 0. The molecule has 0 bridgehead atoms. The summed E-state index contributed by atoms with van der Waals surface area (Å²) in [5.74, 6) is 0.760. The number of carbonyl (C=O) groups is 1. The van der Waals surface area contributed by atoms with E-state index in [0.717, 1.165) is 63.0 Å². The highest BCUT2D eigenvalue weighted by Crippen LogP contribution is 2.36. The van der Waals surface area contributed by atoms with E-state index in [9.17, 15) is 14.9 Å². The van der Waals surface area contributed by atoms with Crippen LogP contribution in [0.5, 0.6) is 0 Å². The number of nitrogens with zero attached hydrogens (tertiary/aromatic N) is 4. The van der Waals surface area contributed by atoms with Gasteiger partial charge in [0, 0.05) is 31.7 Å². The zero-order chi connectivity index (χ0) is 23.3. The SMILES string of the molecule is CCCCCN1C(=O)/C(=C\c2c(C)c(C#N)c(=O)n(CCC)c2N2CCCCC2)SC1=S. The van der Waals surface area contributed by atoms with Crippen LogP contribution in [0.2, 0.25) is 0 Å². The number of pyridine rings is 1. The van der Waals surface area contributed by atoms with Gasteiger partial charge < -0.3 is 4.90 Å². The molecular weight excluding hydrogens is 440 g/mol. The summed E-state index contributed by atoms with van der Waals surface area (Å²) in [4.78, 5) is 30.8. The van der Waals surface area contributed by atoms with Crippen molar-refractivity contribution in [3.63, 3.8) is 0 Å². The lowest BCUT2D eigenvalue weighted by Gasteiger charge is -2.33. The monoisotopic (exact) mass is 472 g/mol. The van der Waals surface area contributed by atoms with E-state index in [-0.39, 0.29) is 17.0 Å². The van der Waals surface area contributed by atoms with Crippen molar-refractivity contribution in [3.05, 3.63) is 31.9 Å². The van der Waals surface area contributed by atoms with E-state index in [1.807, 2.05) is 19.9 Å². The molecule has 0 atom stereocenters. The molecular formula is C24H32N4O2S2. The van der Waals surface area contributed by atoms with Gasteiger partial charge in [-0.1, -0.05) is 50.7 Å². The third-order valence-corrected chi connectivity index (χ3v) is 7.46. The summed E-state index contributed by atoms with van der Waals surface area (Å²) < 4.78 is 2.32. The van der Waals surface area contributed by atoms with E-state index in [1.165, 1.54) is 18.2 Å². The molecule has 2 saturated heterocycles. The Morgan fingerprint density at radius 2 is 1.81 bits per heavy atom. The van der Waals surface area contributed by atoms with Crippen LogP contribution in [0.25, 0.3) is 6.08 Å². The van der Waals surface area contributed by atoms with Gasteiger partial charge >= 0.3 is 0 Å². The van der Waals surface area contributed by atoms with Gasteiger partial charge in [-0.2, -0.15) is 5.26 Å². The van der Waals surface area contributed by atoms with Crippen LogP contribution in [0.4, 0.5) is 5.82 Å². The number of rotatable bonds is 8. The molecule has 8 heteroatoms. The van der Waals surface area contributed by atoms with Gasteiger partial charge in [0.15, 0.2) is 0 Å². The first-order valence-corrected chi connectivity index (χ1v) is 12.8. The standard InChI is InChI=1S/C24H32N4O2S2/c1-4-6-8-14-28-23(30)20(32-24(28)31)15-18-17(3)19(16-25)22(29)27(11-5-2)21(18)26-12-9-7-10-13-26/h15H,4-14H2,1-3H3/b20-15+. The van der Waals surface area contributed by atoms with Crippen LogP contribution >= 0.6 is 24.0 Å². The number of thiocarbonyl (C=S) groups is 1. The molecule has 1 aromatic rings. The third-order valence-electron chi connectivity index (χ3n) is 6.08. The van der Waals surface area contributed by atoms with Crippen LogP contribution in [-0.2, 0) is 11.3 Å². The van der Waals surface area contributed by atoms with Gasteiger partial charge in [0.1, 0.15) is 21.8 Å². The fourth-order valence-corrected chi connectivity index (χ4v) is 5.66. The number of nitriles is 1. The minimum absolute atomic E-state index is 0.0770. The van der Waals surface area contributed by atoms with E-state index >= 15 is 0 Å². The molecule has 1 amide bonds. The van der Waals surface area contributed by atoms with Crippen LogP contribution < -0.4 is 10.5 Å². The maximum absolute atomic E-state index is 13.2. The Hall–Kier alpha value is -2.11. The van der Waals surface area contributed by atoms with Crippen LogP contribution in [0, 0.1) is 18.3 Å².